The maximum atomic E-state index is 12.2. The van der Waals surface area contributed by atoms with E-state index in [1.54, 1.807) is 20.1 Å². The Morgan fingerprint density at radius 1 is 1.16 bits per heavy atom. The number of methoxy groups -OCH3 is 1. The van der Waals surface area contributed by atoms with Crippen molar-refractivity contribution in [2.75, 3.05) is 18.6 Å². The SMILES string of the molecule is COc1ccc2ccc(O[C@@H](C)C(=O)N[C@H]3CCS(=O)(=O)C3)cc2c1. The topological polar surface area (TPSA) is 81.7 Å². The van der Waals surface area contributed by atoms with E-state index in [4.69, 9.17) is 9.47 Å². The van der Waals surface area contributed by atoms with Crippen molar-refractivity contribution in [2.24, 2.45) is 0 Å². The first kappa shape index (κ1) is 17.5. The molecular weight excluding hydrogens is 342 g/mol. The van der Waals surface area contributed by atoms with Crippen molar-refractivity contribution in [2.45, 2.75) is 25.5 Å². The van der Waals surface area contributed by atoms with Gasteiger partial charge in [-0.15, -0.1) is 0 Å². The van der Waals surface area contributed by atoms with Crippen molar-refractivity contribution >= 4 is 26.5 Å². The zero-order chi connectivity index (χ0) is 18.0. The van der Waals surface area contributed by atoms with Crippen LogP contribution in [0, 0.1) is 0 Å². The Bertz CT molecular complexity index is 893. The molecule has 2 atom stereocenters. The zero-order valence-corrected chi connectivity index (χ0v) is 15.0. The molecule has 2 aromatic rings. The number of nitrogens with one attached hydrogen (secondary N) is 1. The Balaban J connectivity index is 1.66. The van der Waals surface area contributed by atoms with Gasteiger partial charge in [-0.1, -0.05) is 12.1 Å². The lowest BCUT2D eigenvalue weighted by molar-refractivity contribution is -0.127. The van der Waals surface area contributed by atoms with Crippen LogP contribution in [0.4, 0.5) is 0 Å². The summed E-state index contributed by atoms with van der Waals surface area (Å²) in [6.45, 7) is 1.65. The Hall–Kier alpha value is -2.28. The summed E-state index contributed by atoms with van der Waals surface area (Å²) in [5.41, 5.74) is 0. The summed E-state index contributed by atoms with van der Waals surface area (Å²) in [6, 6.07) is 11.0. The van der Waals surface area contributed by atoms with Crippen LogP contribution in [0.5, 0.6) is 11.5 Å². The highest BCUT2D eigenvalue weighted by atomic mass is 32.2. The number of sulfone groups is 1. The number of carbonyl (C=O) groups is 1. The molecule has 0 spiro atoms. The van der Waals surface area contributed by atoms with E-state index < -0.39 is 15.9 Å². The van der Waals surface area contributed by atoms with Crippen LogP contribution in [0.1, 0.15) is 13.3 Å². The van der Waals surface area contributed by atoms with E-state index in [2.05, 4.69) is 5.32 Å². The van der Waals surface area contributed by atoms with Crippen molar-refractivity contribution in [1.82, 2.24) is 5.32 Å². The molecule has 7 heteroatoms. The molecule has 25 heavy (non-hydrogen) atoms. The molecule has 1 amide bonds. The highest BCUT2D eigenvalue weighted by molar-refractivity contribution is 7.91. The van der Waals surface area contributed by atoms with Gasteiger partial charge in [-0.2, -0.15) is 0 Å². The second-order valence-corrected chi connectivity index (χ2v) is 8.47. The fourth-order valence-electron chi connectivity index (χ4n) is 2.89. The molecule has 0 aromatic heterocycles. The van der Waals surface area contributed by atoms with E-state index in [0.29, 0.717) is 12.2 Å². The lowest BCUT2D eigenvalue weighted by Gasteiger charge is -2.17. The summed E-state index contributed by atoms with van der Waals surface area (Å²) in [6.07, 6.45) is -0.261. The van der Waals surface area contributed by atoms with E-state index >= 15 is 0 Å². The van der Waals surface area contributed by atoms with Gasteiger partial charge in [0.05, 0.1) is 18.6 Å². The second kappa shape index (κ2) is 6.92. The summed E-state index contributed by atoms with van der Waals surface area (Å²) in [7, 11) is -1.42. The van der Waals surface area contributed by atoms with Gasteiger partial charge in [-0.25, -0.2) is 8.42 Å². The van der Waals surface area contributed by atoms with E-state index in [1.807, 2.05) is 30.3 Å². The van der Waals surface area contributed by atoms with E-state index in [-0.39, 0.29) is 23.5 Å². The highest BCUT2D eigenvalue weighted by Crippen LogP contribution is 2.25. The van der Waals surface area contributed by atoms with Crippen molar-refractivity contribution in [3.63, 3.8) is 0 Å². The largest absolute Gasteiger partial charge is 0.497 e. The van der Waals surface area contributed by atoms with Gasteiger partial charge < -0.3 is 14.8 Å². The minimum atomic E-state index is -3.02. The third-order valence-electron chi connectivity index (χ3n) is 4.28. The minimum absolute atomic E-state index is 0.00122. The number of hydrogen-bond donors (Lipinski definition) is 1. The number of rotatable bonds is 5. The monoisotopic (exact) mass is 363 g/mol. The van der Waals surface area contributed by atoms with Gasteiger partial charge in [0.1, 0.15) is 11.5 Å². The Labute approximate surface area is 147 Å². The quantitative estimate of drug-likeness (QED) is 0.878. The van der Waals surface area contributed by atoms with Crippen molar-refractivity contribution in [3.05, 3.63) is 36.4 Å². The van der Waals surface area contributed by atoms with Crippen molar-refractivity contribution in [1.29, 1.82) is 0 Å². The van der Waals surface area contributed by atoms with E-state index in [9.17, 15) is 13.2 Å². The van der Waals surface area contributed by atoms with Gasteiger partial charge >= 0.3 is 0 Å². The van der Waals surface area contributed by atoms with Crippen LogP contribution >= 0.6 is 0 Å². The molecule has 6 nitrogen and oxygen atoms in total. The summed E-state index contributed by atoms with van der Waals surface area (Å²) in [5.74, 6) is 1.13. The maximum Gasteiger partial charge on any atom is 0.261 e. The lowest BCUT2D eigenvalue weighted by Crippen LogP contribution is -2.43. The van der Waals surface area contributed by atoms with Crippen molar-refractivity contribution < 1.29 is 22.7 Å². The van der Waals surface area contributed by atoms with Gasteiger partial charge in [0.2, 0.25) is 0 Å². The van der Waals surface area contributed by atoms with Gasteiger partial charge in [-0.05, 0) is 48.4 Å². The van der Waals surface area contributed by atoms with Crippen molar-refractivity contribution in [3.8, 4) is 11.5 Å². The van der Waals surface area contributed by atoms with Crippen LogP contribution in [-0.2, 0) is 14.6 Å². The number of benzene rings is 2. The molecule has 0 unspecified atom stereocenters. The van der Waals surface area contributed by atoms with Gasteiger partial charge in [-0.3, -0.25) is 4.79 Å². The predicted molar refractivity (Wildman–Crippen MR) is 95.8 cm³/mol. The highest BCUT2D eigenvalue weighted by Gasteiger charge is 2.30. The van der Waals surface area contributed by atoms with Crippen LogP contribution in [0.25, 0.3) is 10.8 Å². The third kappa shape index (κ3) is 4.22. The van der Waals surface area contributed by atoms with Crippen LogP contribution in [-0.4, -0.2) is 45.1 Å². The third-order valence-corrected chi connectivity index (χ3v) is 6.05. The molecule has 0 aliphatic carbocycles. The standard InChI is InChI=1S/C18H21NO5S/c1-12(18(20)19-15-7-8-25(21,22)11-15)24-17-6-4-13-3-5-16(23-2)9-14(13)10-17/h3-6,9-10,12,15H,7-8,11H2,1-2H3,(H,19,20)/t12-,15-/m0/s1. The van der Waals surface area contributed by atoms with Gasteiger partial charge in [0, 0.05) is 6.04 Å². The smallest absolute Gasteiger partial charge is 0.261 e. The summed E-state index contributed by atoms with van der Waals surface area (Å²) >= 11 is 0. The molecule has 1 fully saturated rings. The van der Waals surface area contributed by atoms with Crippen LogP contribution < -0.4 is 14.8 Å². The Morgan fingerprint density at radius 2 is 1.84 bits per heavy atom. The van der Waals surface area contributed by atoms with Crippen LogP contribution in [0.3, 0.4) is 0 Å². The molecule has 0 saturated carbocycles. The maximum absolute atomic E-state index is 12.2. The number of fused-ring (bicyclic) bond motifs is 1. The first-order valence-corrected chi connectivity index (χ1v) is 9.94. The molecule has 2 aromatic carbocycles. The molecule has 134 valence electrons. The lowest BCUT2D eigenvalue weighted by atomic mass is 10.1. The number of ether oxygens (including phenoxy) is 2. The Morgan fingerprint density at radius 3 is 2.48 bits per heavy atom. The normalized spacial score (nSPS) is 20.2. The summed E-state index contributed by atoms with van der Waals surface area (Å²) < 4.78 is 33.9. The molecular formula is C18H21NO5S. The first-order chi connectivity index (χ1) is 11.9. The average Bonchev–Trinajstić information content (AvgIpc) is 2.92. The fraction of sp³-hybridized carbons (Fsp3) is 0.389. The first-order valence-electron chi connectivity index (χ1n) is 8.11. The number of carbonyl (C=O) groups excluding carboxylic acids is 1. The zero-order valence-electron chi connectivity index (χ0n) is 14.2. The Kier molecular flexibility index (Phi) is 4.85. The second-order valence-electron chi connectivity index (χ2n) is 6.24. The molecule has 1 heterocycles. The molecule has 0 bridgehead atoms. The predicted octanol–water partition coefficient (Wildman–Crippen LogP) is 1.92. The molecule has 1 N–H and O–H groups in total. The molecule has 3 rings (SSSR count). The summed E-state index contributed by atoms with van der Waals surface area (Å²) in [4.78, 5) is 12.2. The van der Waals surface area contributed by atoms with Gasteiger partial charge in [0.15, 0.2) is 15.9 Å². The van der Waals surface area contributed by atoms with Crippen LogP contribution in [0.15, 0.2) is 36.4 Å². The van der Waals surface area contributed by atoms with Crippen LogP contribution in [0.2, 0.25) is 0 Å². The van der Waals surface area contributed by atoms with E-state index in [0.717, 1.165) is 16.5 Å². The molecule has 1 aliphatic heterocycles. The molecule has 1 aliphatic rings. The fourth-order valence-corrected chi connectivity index (χ4v) is 4.56. The minimum Gasteiger partial charge on any atom is -0.497 e. The van der Waals surface area contributed by atoms with Gasteiger partial charge in [0.25, 0.3) is 5.91 Å². The number of hydrogen-bond acceptors (Lipinski definition) is 5. The molecule has 0 radical (unpaired) electrons. The summed E-state index contributed by atoms with van der Waals surface area (Å²) in [5, 5.41) is 4.74. The molecule has 1 saturated heterocycles. The average molecular weight is 363 g/mol. The van der Waals surface area contributed by atoms with E-state index in [1.165, 1.54) is 0 Å². The number of amides is 1.